The lowest BCUT2D eigenvalue weighted by Gasteiger charge is -2.42. The van der Waals surface area contributed by atoms with E-state index in [1.165, 1.54) is 12.8 Å². The van der Waals surface area contributed by atoms with Crippen LogP contribution in [0.15, 0.2) is 12.1 Å². The first-order chi connectivity index (χ1) is 18.7. The van der Waals surface area contributed by atoms with Gasteiger partial charge in [0.15, 0.2) is 8.32 Å². The van der Waals surface area contributed by atoms with Crippen molar-refractivity contribution in [2.45, 2.75) is 122 Å². The zero-order chi connectivity index (χ0) is 29.8. The van der Waals surface area contributed by atoms with E-state index in [0.29, 0.717) is 18.5 Å². The van der Waals surface area contributed by atoms with Crippen LogP contribution in [-0.2, 0) is 20.4 Å². The van der Waals surface area contributed by atoms with Gasteiger partial charge in [0.05, 0.1) is 49.2 Å². The molecule has 1 N–H and O–H groups in total. The summed E-state index contributed by atoms with van der Waals surface area (Å²) in [5.41, 5.74) is 2.59. The first kappa shape index (κ1) is 32.6. The Labute approximate surface area is 245 Å². The van der Waals surface area contributed by atoms with Crippen molar-refractivity contribution in [1.82, 2.24) is 4.98 Å². The molecule has 0 aliphatic heterocycles. The van der Waals surface area contributed by atoms with E-state index in [0.717, 1.165) is 45.4 Å². The largest absolute Gasteiger partial charge is 0.496 e. The monoisotopic (exact) mass is 591 g/mol. The molecule has 1 aliphatic rings. The Bertz CT molecular complexity index is 1130. The van der Waals surface area contributed by atoms with E-state index in [2.05, 4.69) is 46.0 Å². The van der Waals surface area contributed by atoms with E-state index in [1.807, 2.05) is 13.8 Å². The number of carbonyl (C=O) groups is 1. The molecular weight excluding hydrogens is 542 g/mol. The number of carboxylic acid groups (broad SMARTS) is 1. The number of aryl methyl sites for hydroxylation is 2. The van der Waals surface area contributed by atoms with E-state index in [4.69, 9.17) is 23.6 Å². The van der Waals surface area contributed by atoms with Gasteiger partial charge in [-0.15, -0.1) is 11.3 Å². The van der Waals surface area contributed by atoms with Crippen LogP contribution >= 0.6 is 11.3 Å². The summed E-state index contributed by atoms with van der Waals surface area (Å²) < 4.78 is 25.6. The third kappa shape index (κ3) is 7.66. The van der Waals surface area contributed by atoms with Gasteiger partial charge in [-0.3, -0.25) is 4.79 Å². The van der Waals surface area contributed by atoms with Crippen molar-refractivity contribution >= 4 is 25.6 Å². The highest BCUT2D eigenvalue weighted by Gasteiger charge is 2.42. The van der Waals surface area contributed by atoms with Crippen molar-refractivity contribution < 1.29 is 28.5 Å². The van der Waals surface area contributed by atoms with Crippen molar-refractivity contribution in [2.24, 2.45) is 0 Å². The molecular formula is C31H49NO6SSi. The lowest BCUT2D eigenvalue weighted by atomic mass is 9.98. The number of benzene rings is 1. The molecule has 224 valence electrons. The molecule has 0 spiro atoms. The van der Waals surface area contributed by atoms with E-state index in [1.54, 1.807) is 32.5 Å². The summed E-state index contributed by atoms with van der Waals surface area (Å²) in [4.78, 5) is 17.3. The first-order valence-corrected chi connectivity index (χ1v) is 18.2. The summed E-state index contributed by atoms with van der Waals surface area (Å²) in [6.07, 6.45) is 5.54. The molecule has 1 aliphatic carbocycles. The molecule has 0 bridgehead atoms. The molecule has 2 aromatic rings. The molecule has 40 heavy (non-hydrogen) atoms. The highest BCUT2D eigenvalue weighted by Crippen LogP contribution is 2.44. The normalized spacial score (nSPS) is 17.1. The molecule has 1 saturated carbocycles. The maximum Gasteiger partial charge on any atom is 0.312 e. The smallest absolute Gasteiger partial charge is 0.312 e. The van der Waals surface area contributed by atoms with Crippen molar-refractivity contribution in [2.75, 3.05) is 14.2 Å². The minimum Gasteiger partial charge on any atom is -0.496 e. The summed E-state index contributed by atoms with van der Waals surface area (Å²) in [7, 11) is 1.15. The number of nitrogens with zero attached hydrogens (tertiary/aromatic N) is 1. The van der Waals surface area contributed by atoms with E-state index in [9.17, 15) is 9.90 Å². The molecule has 3 rings (SSSR count). The molecule has 1 heterocycles. The van der Waals surface area contributed by atoms with Gasteiger partial charge in [-0.1, -0.05) is 33.6 Å². The minimum absolute atomic E-state index is 0.0102. The van der Waals surface area contributed by atoms with Crippen LogP contribution in [0.25, 0.3) is 0 Å². The third-order valence-electron chi connectivity index (χ3n) is 8.64. The van der Waals surface area contributed by atoms with Crippen LogP contribution in [0.1, 0.15) is 98.5 Å². The van der Waals surface area contributed by atoms with Gasteiger partial charge in [-0.05, 0) is 75.9 Å². The second-order valence-electron chi connectivity index (χ2n) is 12.6. The van der Waals surface area contributed by atoms with E-state index >= 15 is 0 Å². The Hall–Kier alpha value is -1.94. The van der Waals surface area contributed by atoms with Gasteiger partial charge in [0.25, 0.3) is 0 Å². The van der Waals surface area contributed by atoms with Gasteiger partial charge in [-0.2, -0.15) is 0 Å². The number of aromatic nitrogens is 1. The molecule has 7 nitrogen and oxygen atoms in total. The number of methoxy groups -OCH3 is 2. The van der Waals surface area contributed by atoms with E-state index < -0.39 is 20.2 Å². The third-order valence-corrected chi connectivity index (χ3v) is 14.1. The van der Waals surface area contributed by atoms with Crippen LogP contribution in [0.3, 0.4) is 0 Å². The fourth-order valence-corrected chi connectivity index (χ4v) is 7.36. The summed E-state index contributed by atoms with van der Waals surface area (Å²) in [5.74, 6) is 0.0477. The van der Waals surface area contributed by atoms with Gasteiger partial charge in [-0.25, -0.2) is 4.98 Å². The molecule has 1 unspecified atom stereocenters. The zero-order valence-corrected chi connectivity index (χ0v) is 27.9. The average Bonchev–Trinajstić information content (AvgIpc) is 3.53. The van der Waals surface area contributed by atoms with Gasteiger partial charge in [0.2, 0.25) is 0 Å². The number of carboxylic acids is 1. The fourth-order valence-electron chi connectivity index (χ4n) is 5.04. The Morgan fingerprint density at radius 3 is 2.20 bits per heavy atom. The van der Waals surface area contributed by atoms with Crippen LogP contribution < -0.4 is 9.47 Å². The van der Waals surface area contributed by atoms with Crippen LogP contribution in [0.4, 0.5) is 0 Å². The van der Waals surface area contributed by atoms with Gasteiger partial charge in [0, 0.05) is 16.9 Å². The Kier molecular flexibility index (Phi) is 10.9. The van der Waals surface area contributed by atoms with Crippen molar-refractivity contribution in [3.8, 4) is 11.5 Å². The fraction of sp³-hybridized carbons (Fsp3) is 0.677. The predicted molar refractivity (Wildman–Crippen MR) is 164 cm³/mol. The van der Waals surface area contributed by atoms with Crippen LogP contribution in [-0.4, -0.2) is 50.8 Å². The van der Waals surface area contributed by atoms with E-state index in [-0.39, 0.29) is 23.4 Å². The molecule has 1 aromatic heterocycles. The van der Waals surface area contributed by atoms with Gasteiger partial charge in [0.1, 0.15) is 11.5 Å². The standard InChI is InChI=1S/C31H49NO6SSi/c1-19-25(35-7)17-22(18-26(19)36-8)29(38-40(9,10)31(4,5)6)24(37-23-13-11-12-14-23)15-16-27-32-28(21(3)39-27)20(2)30(33)34/h17-18,20,23-24,29H,11-16H2,1-10H3,(H,33,34)/t20?,24-,29+/m0/s1. The molecule has 1 aromatic carbocycles. The molecule has 1 fully saturated rings. The highest BCUT2D eigenvalue weighted by molar-refractivity contribution is 7.11. The predicted octanol–water partition coefficient (Wildman–Crippen LogP) is 7.99. The highest BCUT2D eigenvalue weighted by atomic mass is 32.1. The number of thiazole rings is 1. The Balaban J connectivity index is 2.04. The number of ether oxygens (including phenoxy) is 3. The summed E-state index contributed by atoms with van der Waals surface area (Å²) in [5, 5.41) is 10.5. The minimum atomic E-state index is -2.22. The second-order valence-corrected chi connectivity index (χ2v) is 18.6. The SMILES string of the molecule is COc1cc([C@@H](O[Si](C)(C)C(C)(C)C)[C@H](CCc2nc(C(C)C(=O)O)c(C)s2)OC2CCCC2)cc(OC)c1C. The lowest BCUT2D eigenvalue weighted by Crippen LogP contribution is -2.45. The van der Waals surface area contributed by atoms with Crippen LogP contribution in [0.5, 0.6) is 11.5 Å². The van der Waals surface area contributed by atoms with Crippen LogP contribution in [0, 0.1) is 13.8 Å². The van der Waals surface area contributed by atoms with Gasteiger partial charge < -0.3 is 23.7 Å². The second kappa shape index (κ2) is 13.4. The Morgan fingerprint density at radius 2 is 1.70 bits per heavy atom. The van der Waals surface area contributed by atoms with Crippen molar-refractivity contribution in [3.05, 3.63) is 38.8 Å². The maximum atomic E-state index is 11.6. The van der Waals surface area contributed by atoms with Crippen molar-refractivity contribution in [1.29, 1.82) is 0 Å². The zero-order valence-electron chi connectivity index (χ0n) is 26.1. The quantitative estimate of drug-likeness (QED) is 0.236. The molecule has 3 atom stereocenters. The molecule has 9 heteroatoms. The topological polar surface area (TPSA) is 87.1 Å². The number of aliphatic carboxylic acids is 1. The molecule has 0 saturated heterocycles. The van der Waals surface area contributed by atoms with Gasteiger partial charge >= 0.3 is 5.97 Å². The summed E-state index contributed by atoms with van der Waals surface area (Å²) in [6.45, 7) is 17.0. The number of rotatable bonds is 13. The summed E-state index contributed by atoms with van der Waals surface area (Å²) in [6, 6.07) is 4.14. The lowest BCUT2D eigenvalue weighted by molar-refractivity contribution is -0.138. The number of hydrogen-bond acceptors (Lipinski definition) is 7. The number of hydrogen-bond donors (Lipinski definition) is 1. The van der Waals surface area contributed by atoms with Crippen LogP contribution in [0.2, 0.25) is 18.1 Å². The maximum absolute atomic E-state index is 11.6. The molecule has 0 radical (unpaired) electrons. The summed E-state index contributed by atoms with van der Waals surface area (Å²) >= 11 is 1.58. The molecule has 0 amide bonds. The first-order valence-electron chi connectivity index (χ1n) is 14.4. The Morgan fingerprint density at radius 1 is 1.12 bits per heavy atom. The average molecular weight is 592 g/mol. The van der Waals surface area contributed by atoms with Crippen molar-refractivity contribution in [3.63, 3.8) is 0 Å².